The second-order valence-electron chi connectivity index (χ2n) is 7.28. The van der Waals surface area contributed by atoms with Crippen molar-refractivity contribution >= 4 is 23.8 Å². The molecular weight excluding hydrogens is 438 g/mol. The molecule has 0 heterocycles. The summed E-state index contributed by atoms with van der Waals surface area (Å²) in [4.78, 5) is 42.7. The second-order valence-corrected chi connectivity index (χ2v) is 7.28. The molecule has 0 saturated heterocycles. The molecule has 0 aliphatic carbocycles. The van der Waals surface area contributed by atoms with Crippen LogP contribution in [-0.2, 0) is 19.2 Å². The van der Waals surface area contributed by atoms with Crippen molar-refractivity contribution in [3.63, 3.8) is 0 Å². The van der Waals surface area contributed by atoms with E-state index in [9.17, 15) is 29.4 Å². The number of carboxylic acid groups (broad SMARTS) is 3. The Bertz CT molecular complexity index is 509. The van der Waals surface area contributed by atoms with Gasteiger partial charge >= 0.3 is 65.1 Å². The molecule has 176 valence electrons. The van der Waals surface area contributed by atoms with Crippen LogP contribution in [0.25, 0.3) is 0 Å². The van der Waals surface area contributed by atoms with Crippen LogP contribution in [0.15, 0.2) is 0 Å². The molecule has 9 nitrogen and oxygen atoms in total. The maximum atomic E-state index is 11.7. The predicted octanol–water partition coefficient (Wildman–Crippen LogP) is -5.64. The summed E-state index contributed by atoms with van der Waals surface area (Å²) in [5, 5.41) is 33.9. The van der Waals surface area contributed by atoms with E-state index in [0.29, 0.717) is 0 Å². The van der Waals surface area contributed by atoms with Crippen LogP contribution in [-0.4, -0.2) is 48.1 Å². The monoisotopic (exact) mass is 476 g/mol. The number of likely N-dealkylation sites (N-methyl/N-ethyl adjacent to an activating group) is 1. The normalized spacial score (nSPS) is 11.5. The largest absolute Gasteiger partial charge is 1.00 e. The second kappa shape index (κ2) is 27.1. The van der Waals surface area contributed by atoms with Crippen molar-refractivity contribution in [1.29, 1.82) is 0 Å². The summed E-state index contributed by atoms with van der Waals surface area (Å²) < 4.78 is 0. The fourth-order valence-corrected chi connectivity index (χ4v) is 2.50. The van der Waals surface area contributed by atoms with Gasteiger partial charge in [-0.3, -0.25) is 4.79 Å². The number of hydrogen-bond donors (Lipinski definition) is 3. The van der Waals surface area contributed by atoms with Crippen LogP contribution in [0.5, 0.6) is 0 Å². The molecule has 0 aromatic heterocycles. The van der Waals surface area contributed by atoms with Gasteiger partial charge in [0.25, 0.3) is 0 Å². The molecular formula is C21H38N2Na2O7. The fourth-order valence-electron chi connectivity index (χ4n) is 2.50. The van der Waals surface area contributed by atoms with Crippen LogP contribution in [0.4, 0.5) is 0 Å². The quantitative estimate of drug-likeness (QED) is 0.138. The van der Waals surface area contributed by atoms with Crippen molar-refractivity contribution in [2.45, 2.75) is 103 Å². The maximum Gasteiger partial charge on any atom is 1.00 e. The Labute approximate surface area is 236 Å². The summed E-state index contributed by atoms with van der Waals surface area (Å²) in [6, 6.07) is -1.70. The van der Waals surface area contributed by atoms with Crippen molar-refractivity contribution in [2.75, 3.05) is 7.05 Å². The first-order valence-electron chi connectivity index (χ1n) is 10.8. The smallest absolute Gasteiger partial charge is 0.550 e. The van der Waals surface area contributed by atoms with Gasteiger partial charge in [-0.25, -0.2) is 4.79 Å². The van der Waals surface area contributed by atoms with Crippen LogP contribution in [0.2, 0.25) is 0 Å². The topological polar surface area (TPSA) is 159 Å². The molecule has 0 unspecified atom stereocenters. The van der Waals surface area contributed by atoms with E-state index < -0.39 is 30.0 Å². The molecule has 3 N–H and O–H groups in total. The van der Waals surface area contributed by atoms with Gasteiger partial charge in [-0.2, -0.15) is 0 Å². The third-order valence-electron chi connectivity index (χ3n) is 4.56. The molecule has 0 bridgehead atoms. The molecule has 32 heavy (non-hydrogen) atoms. The number of aliphatic carboxylic acids is 3. The zero-order valence-corrected chi connectivity index (χ0v) is 24.5. The minimum absolute atomic E-state index is 0. The number of carboxylic acids is 3. The van der Waals surface area contributed by atoms with Crippen molar-refractivity contribution in [3.05, 3.63) is 0 Å². The van der Waals surface area contributed by atoms with Crippen molar-refractivity contribution in [3.8, 4) is 0 Å². The Balaban J connectivity index is -0.000000376. The average molecular weight is 477 g/mol. The Morgan fingerprint density at radius 3 is 1.66 bits per heavy atom. The van der Waals surface area contributed by atoms with Crippen LogP contribution >= 0.6 is 0 Å². The van der Waals surface area contributed by atoms with Gasteiger partial charge in [0.05, 0.1) is 5.97 Å². The number of unbranched alkanes of at least 4 members (excludes halogenated alkanes) is 8. The molecule has 0 aliphatic heterocycles. The summed E-state index contributed by atoms with van der Waals surface area (Å²) in [5.41, 5.74) is 0. The number of amides is 1. The molecule has 0 aromatic rings. The Morgan fingerprint density at radius 2 is 1.31 bits per heavy atom. The third-order valence-corrected chi connectivity index (χ3v) is 4.56. The molecule has 0 fully saturated rings. The Morgan fingerprint density at radius 1 is 0.844 bits per heavy atom. The molecule has 11 heteroatoms. The first kappa shape index (κ1) is 39.1. The van der Waals surface area contributed by atoms with Gasteiger partial charge in [-0.05, 0) is 33.2 Å². The van der Waals surface area contributed by atoms with Crippen LogP contribution < -0.4 is 80.0 Å². The third kappa shape index (κ3) is 27.9. The van der Waals surface area contributed by atoms with E-state index in [1.165, 1.54) is 45.4 Å². The Hall–Kier alpha value is -0.160. The van der Waals surface area contributed by atoms with E-state index in [2.05, 4.69) is 17.6 Å². The zero-order chi connectivity index (χ0) is 23.4. The summed E-state index contributed by atoms with van der Waals surface area (Å²) in [6.07, 6.45) is 10.0. The molecule has 0 spiro atoms. The van der Waals surface area contributed by atoms with Gasteiger partial charge in [0.1, 0.15) is 6.04 Å². The van der Waals surface area contributed by atoms with Gasteiger partial charge in [-0.1, -0.05) is 58.3 Å². The van der Waals surface area contributed by atoms with Crippen LogP contribution in [0.1, 0.15) is 90.9 Å². The SMILES string of the molecule is CCCCCCCCCCCC(=O)N[C@@H](CCC(=O)[O-])C(=O)O.CN[C@@H](C)C(=O)[O-].[Na+].[Na+]. The minimum atomic E-state index is -1.32. The Kier molecular flexibility index (Phi) is 33.1. The standard InChI is InChI=1S/C17H31NO5.C4H9NO2.2Na/c1-2-3-4-5-6-7-8-9-10-11-15(19)18-14(17(22)23)12-13-16(20)21;1-3(5-2)4(6)7;;/h14H,2-13H2,1H3,(H,18,19)(H,20,21)(H,22,23);3,5H,1-2H3,(H,6,7);;/q;;2*+1/p-2/t14-;3-;;/m00../s1. The summed E-state index contributed by atoms with van der Waals surface area (Å²) >= 11 is 0. The summed E-state index contributed by atoms with van der Waals surface area (Å²) in [5.74, 6) is -3.93. The van der Waals surface area contributed by atoms with E-state index in [1.807, 2.05) is 0 Å². The fraction of sp³-hybridized carbons (Fsp3) is 0.810. The molecule has 1 amide bonds. The number of rotatable bonds is 17. The molecule has 0 rings (SSSR count). The summed E-state index contributed by atoms with van der Waals surface area (Å²) in [6.45, 7) is 3.72. The number of nitrogens with one attached hydrogen (secondary N) is 2. The first-order chi connectivity index (χ1) is 14.1. The van der Waals surface area contributed by atoms with Gasteiger partial charge in [0.2, 0.25) is 5.91 Å². The molecule has 0 saturated carbocycles. The van der Waals surface area contributed by atoms with Gasteiger partial charge in [0, 0.05) is 18.4 Å². The van der Waals surface area contributed by atoms with Crippen molar-refractivity contribution < 1.29 is 93.6 Å². The summed E-state index contributed by atoms with van der Waals surface area (Å²) in [7, 11) is 1.57. The van der Waals surface area contributed by atoms with Crippen LogP contribution in [0, 0.1) is 0 Å². The minimum Gasteiger partial charge on any atom is -0.550 e. The molecule has 0 aromatic carbocycles. The van der Waals surface area contributed by atoms with E-state index in [-0.39, 0.29) is 84.3 Å². The van der Waals surface area contributed by atoms with Gasteiger partial charge in [0.15, 0.2) is 0 Å². The predicted molar refractivity (Wildman–Crippen MR) is 109 cm³/mol. The molecule has 2 atom stereocenters. The first-order valence-corrected chi connectivity index (χ1v) is 10.8. The number of hydrogen-bond acceptors (Lipinski definition) is 7. The average Bonchev–Trinajstić information content (AvgIpc) is 2.69. The van der Waals surface area contributed by atoms with E-state index >= 15 is 0 Å². The van der Waals surface area contributed by atoms with E-state index in [0.717, 1.165) is 19.3 Å². The van der Waals surface area contributed by atoms with E-state index in [1.54, 1.807) is 7.05 Å². The van der Waals surface area contributed by atoms with Gasteiger partial charge < -0.3 is 35.5 Å². The van der Waals surface area contributed by atoms with E-state index in [4.69, 9.17) is 5.11 Å². The number of carbonyl (C=O) groups is 4. The van der Waals surface area contributed by atoms with Crippen molar-refractivity contribution in [2.24, 2.45) is 0 Å². The van der Waals surface area contributed by atoms with Crippen molar-refractivity contribution in [1.82, 2.24) is 10.6 Å². The maximum absolute atomic E-state index is 11.7. The van der Waals surface area contributed by atoms with Crippen LogP contribution in [0.3, 0.4) is 0 Å². The molecule has 0 aliphatic rings. The zero-order valence-electron chi connectivity index (χ0n) is 20.5. The van der Waals surface area contributed by atoms with Gasteiger partial charge in [-0.15, -0.1) is 0 Å². The number of carbonyl (C=O) groups excluding carboxylic acids is 3. The molecule has 0 radical (unpaired) electrons.